The van der Waals surface area contributed by atoms with Crippen molar-refractivity contribution in [1.82, 2.24) is 4.90 Å². The molecule has 2 rings (SSSR count). The van der Waals surface area contributed by atoms with Gasteiger partial charge in [0.05, 0.1) is 0 Å². The summed E-state index contributed by atoms with van der Waals surface area (Å²) in [5.41, 5.74) is 5.94. The molecule has 0 aromatic heterocycles. The minimum absolute atomic E-state index is 0.812. The van der Waals surface area contributed by atoms with Crippen molar-refractivity contribution in [3.8, 4) is 0 Å². The molecule has 2 atom stereocenters. The molecule has 2 heteroatoms. The van der Waals surface area contributed by atoms with Gasteiger partial charge >= 0.3 is 0 Å². The van der Waals surface area contributed by atoms with E-state index in [9.17, 15) is 0 Å². The maximum atomic E-state index is 5.94. The van der Waals surface area contributed by atoms with Crippen molar-refractivity contribution in [3.63, 3.8) is 0 Å². The second-order valence-electron chi connectivity index (χ2n) is 6.12. The van der Waals surface area contributed by atoms with Crippen LogP contribution in [0.3, 0.4) is 0 Å². The third kappa shape index (κ3) is 3.96. The van der Waals surface area contributed by atoms with Gasteiger partial charge in [-0.15, -0.1) is 0 Å². The molecule has 17 heavy (non-hydrogen) atoms. The predicted molar refractivity (Wildman–Crippen MR) is 74.0 cm³/mol. The van der Waals surface area contributed by atoms with Crippen molar-refractivity contribution in [2.45, 2.75) is 64.3 Å². The molecular formula is C15H30N2. The predicted octanol–water partition coefficient (Wildman–Crippen LogP) is 3.02. The van der Waals surface area contributed by atoms with Crippen LogP contribution in [0.25, 0.3) is 0 Å². The Morgan fingerprint density at radius 3 is 2.35 bits per heavy atom. The highest BCUT2D eigenvalue weighted by Gasteiger charge is 2.32. The Bertz CT molecular complexity index is 213. The summed E-state index contributed by atoms with van der Waals surface area (Å²) < 4.78 is 0. The molecule has 0 aromatic carbocycles. The zero-order valence-corrected chi connectivity index (χ0v) is 11.5. The molecule has 2 fully saturated rings. The molecule has 2 aliphatic carbocycles. The van der Waals surface area contributed by atoms with Crippen molar-refractivity contribution in [2.75, 3.05) is 19.6 Å². The smallest absolute Gasteiger partial charge is 0.00965 e. The van der Waals surface area contributed by atoms with Gasteiger partial charge in [-0.2, -0.15) is 0 Å². The van der Waals surface area contributed by atoms with E-state index in [0.717, 1.165) is 24.4 Å². The molecule has 0 heterocycles. The van der Waals surface area contributed by atoms with E-state index in [0.29, 0.717) is 0 Å². The zero-order chi connectivity index (χ0) is 12.1. The molecule has 2 N–H and O–H groups in total. The molecule has 2 unspecified atom stereocenters. The van der Waals surface area contributed by atoms with Crippen LogP contribution in [0.15, 0.2) is 0 Å². The van der Waals surface area contributed by atoms with E-state index in [1.165, 1.54) is 64.5 Å². The first-order valence-electron chi connectivity index (χ1n) is 7.79. The van der Waals surface area contributed by atoms with E-state index < -0.39 is 0 Å². The minimum Gasteiger partial charge on any atom is -0.330 e. The number of nitrogens with zero attached hydrogens (tertiary/aromatic N) is 1. The van der Waals surface area contributed by atoms with Crippen LogP contribution in [-0.2, 0) is 0 Å². The second-order valence-corrected chi connectivity index (χ2v) is 6.12. The fraction of sp³-hybridized carbons (Fsp3) is 1.00. The highest BCUT2D eigenvalue weighted by Crippen LogP contribution is 2.34. The van der Waals surface area contributed by atoms with Crippen LogP contribution in [0.1, 0.15) is 58.3 Å². The molecule has 0 radical (unpaired) electrons. The fourth-order valence-corrected chi connectivity index (χ4v) is 3.36. The highest BCUT2D eigenvalue weighted by atomic mass is 15.2. The van der Waals surface area contributed by atoms with Crippen LogP contribution in [0.5, 0.6) is 0 Å². The van der Waals surface area contributed by atoms with Gasteiger partial charge < -0.3 is 10.6 Å². The van der Waals surface area contributed by atoms with Gasteiger partial charge in [-0.25, -0.2) is 0 Å². The van der Waals surface area contributed by atoms with E-state index in [1.54, 1.807) is 0 Å². The molecule has 2 nitrogen and oxygen atoms in total. The van der Waals surface area contributed by atoms with Crippen LogP contribution in [0.4, 0.5) is 0 Å². The molecule has 0 bridgehead atoms. The average Bonchev–Trinajstić information content (AvgIpc) is 3.19. The molecule has 0 amide bonds. The summed E-state index contributed by atoms with van der Waals surface area (Å²) in [6, 6.07) is 0.932. The Morgan fingerprint density at radius 1 is 1.06 bits per heavy atom. The van der Waals surface area contributed by atoms with Gasteiger partial charge in [-0.3, -0.25) is 0 Å². The summed E-state index contributed by atoms with van der Waals surface area (Å²) in [7, 11) is 0. The lowest BCUT2D eigenvalue weighted by molar-refractivity contribution is 0.147. The van der Waals surface area contributed by atoms with E-state index in [1.807, 2.05) is 0 Å². The summed E-state index contributed by atoms with van der Waals surface area (Å²) in [6.45, 7) is 5.88. The third-order valence-corrected chi connectivity index (χ3v) is 4.70. The third-order valence-electron chi connectivity index (χ3n) is 4.70. The number of hydrogen-bond donors (Lipinski definition) is 1. The van der Waals surface area contributed by atoms with Crippen molar-refractivity contribution < 1.29 is 0 Å². The Morgan fingerprint density at radius 2 is 1.76 bits per heavy atom. The fourth-order valence-electron chi connectivity index (χ4n) is 3.36. The van der Waals surface area contributed by atoms with Gasteiger partial charge in [0.1, 0.15) is 0 Å². The maximum Gasteiger partial charge on any atom is 0.00965 e. The van der Waals surface area contributed by atoms with Crippen LogP contribution >= 0.6 is 0 Å². The molecule has 2 aliphatic rings. The van der Waals surface area contributed by atoms with Crippen LogP contribution in [0.2, 0.25) is 0 Å². The Balaban J connectivity index is 1.82. The molecular weight excluding hydrogens is 208 g/mol. The van der Waals surface area contributed by atoms with E-state index in [-0.39, 0.29) is 0 Å². The van der Waals surface area contributed by atoms with Gasteiger partial charge in [-0.1, -0.05) is 26.2 Å². The van der Waals surface area contributed by atoms with Crippen LogP contribution in [-0.4, -0.2) is 30.6 Å². The Kier molecular flexibility index (Phi) is 5.30. The van der Waals surface area contributed by atoms with Gasteiger partial charge in [0.25, 0.3) is 0 Å². The van der Waals surface area contributed by atoms with Gasteiger partial charge in [0, 0.05) is 12.6 Å². The Labute approximate surface area is 107 Å². The topological polar surface area (TPSA) is 29.3 Å². The standard InChI is InChI=1S/C15H30N2/c1-2-3-10-17(15-8-9-15)12-14-7-5-4-6-13(14)11-16/h13-15H,2-12,16H2,1H3. The summed E-state index contributed by atoms with van der Waals surface area (Å²) in [4.78, 5) is 2.78. The molecule has 2 saturated carbocycles. The first-order chi connectivity index (χ1) is 8.35. The van der Waals surface area contributed by atoms with Crippen molar-refractivity contribution in [1.29, 1.82) is 0 Å². The zero-order valence-electron chi connectivity index (χ0n) is 11.5. The summed E-state index contributed by atoms with van der Waals surface area (Å²) in [5, 5.41) is 0. The lowest BCUT2D eigenvalue weighted by atomic mass is 9.79. The van der Waals surface area contributed by atoms with Crippen LogP contribution < -0.4 is 5.73 Å². The maximum absolute atomic E-state index is 5.94. The average molecular weight is 238 g/mol. The number of unbranched alkanes of at least 4 members (excludes halogenated alkanes) is 1. The number of rotatable bonds is 7. The number of hydrogen-bond acceptors (Lipinski definition) is 2. The largest absolute Gasteiger partial charge is 0.330 e. The molecule has 0 saturated heterocycles. The van der Waals surface area contributed by atoms with Crippen molar-refractivity contribution in [2.24, 2.45) is 17.6 Å². The SMILES string of the molecule is CCCCN(CC1CCCCC1CN)C1CC1. The monoisotopic (exact) mass is 238 g/mol. The normalized spacial score (nSPS) is 29.8. The highest BCUT2D eigenvalue weighted by molar-refractivity contribution is 4.87. The number of nitrogens with two attached hydrogens (primary N) is 1. The molecule has 0 aliphatic heterocycles. The second kappa shape index (κ2) is 6.75. The lowest BCUT2D eigenvalue weighted by Crippen LogP contribution is -2.38. The van der Waals surface area contributed by atoms with Crippen molar-refractivity contribution >= 4 is 0 Å². The minimum atomic E-state index is 0.812. The van der Waals surface area contributed by atoms with Crippen LogP contribution in [0, 0.1) is 11.8 Å². The summed E-state index contributed by atoms with van der Waals surface area (Å²) >= 11 is 0. The van der Waals surface area contributed by atoms with Gasteiger partial charge in [-0.05, 0) is 57.0 Å². The lowest BCUT2D eigenvalue weighted by Gasteiger charge is -2.35. The van der Waals surface area contributed by atoms with E-state index >= 15 is 0 Å². The first kappa shape index (κ1) is 13.4. The summed E-state index contributed by atoms with van der Waals surface area (Å²) in [5.74, 6) is 1.71. The van der Waals surface area contributed by atoms with E-state index in [4.69, 9.17) is 5.73 Å². The Hall–Kier alpha value is -0.0800. The van der Waals surface area contributed by atoms with Gasteiger partial charge in [0.15, 0.2) is 0 Å². The summed E-state index contributed by atoms with van der Waals surface area (Å²) in [6.07, 6.45) is 11.3. The van der Waals surface area contributed by atoms with Gasteiger partial charge in [0.2, 0.25) is 0 Å². The van der Waals surface area contributed by atoms with Crippen molar-refractivity contribution in [3.05, 3.63) is 0 Å². The molecule has 0 aromatic rings. The molecule has 100 valence electrons. The molecule has 0 spiro atoms. The van der Waals surface area contributed by atoms with E-state index in [2.05, 4.69) is 11.8 Å². The quantitative estimate of drug-likeness (QED) is 0.739. The first-order valence-corrected chi connectivity index (χ1v) is 7.79.